The highest BCUT2D eigenvalue weighted by atomic mass is 16.5. The number of fused-ring (bicyclic) bond motifs is 3. The van der Waals surface area contributed by atoms with Crippen molar-refractivity contribution in [3.63, 3.8) is 0 Å². The van der Waals surface area contributed by atoms with Crippen LogP contribution in [0.2, 0.25) is 0 Å². The summed E-state index contributed by atoms with van der Waals surface area (Å²) in [6, 6.07) is 5.94. The van der Waals surface area contributed by atoms with E-state index in [1.165, 1.54) is 0 Å². The van der Waals surface area contributed by atoms with Gasteiger partial charge < -0.3 is 20.5 Å². The van der Waals surface area contributed by atoms with Crippen LogP contribution in [0.25, 0.3) is 27.7 Å². The lowest BCUT2D eigenvalue weighted by atomic mass is 9.89. The number of aliphatic carboxylic acids is 1. The van der Waals surface area contributed by atoms with E-state index < -0.39 is 11.5 Å². The SMILES string of the molecule is CCOc1cc(-c2ccc(N3CCC(N)(C(=O)O)CC3)nc2)c2c3cn[nH]c3nn2c1. The molecule has 4 aromatic heterocycles. The Balaban J connectivity index is 1.49. The summed E-state index contributed by atoms with van der Waals surface area (Å²) in [6.07, 6.45) is 6.21. The highest BCUT2D eigenvalue weighted by Gasteiger charge is 2.37. The predicted molar refractivity (Wildman–Crippen MR) is 115 cm³/mol. The lowest BCUT2D eigenvalue weighted by molar-refractivity contribution is -0.144. The molecule has 1 aliphatic rings. The van der Waals surface area contributed by atoms with Crippen LogP contribution in [0.15, 0.2) is 36.8 Å². The predicted octanol–water partition coefficient (Wildman–Crippen LogP) is 2.05. The van der Waals surface area contributed by atoms with E-state index in [2.05, 4.69) is 25.2 Å². The molecule has 0 saturated carbocycles. The Kier molecular flexibility index (Phi) is 4.51. The Bertz CT molecular complexity index is 1250. The molecule has 1 saturated heterocycles. The summed E-state index contributed by atoms with van der Waals surface area (Å²) in [7, 11) is 0. The van der Waals surface area contributed by atoms with Gasteiger partial charge in [0.25, 0.3) is 0 Å². The molecule has 0 bridgehead atoms. The number of nitrogens with zero attached hydrogens (tertiary/aromatic N) is 5. The lowest BCUT2D eigenvalue weighted by Gasteiger charge is -2.36. The van der Waals surface area contributed by atoms with E-state index in [9.17, 15) is 9.90 Å². The molecule has 0 radical (unpaired) electrons. The number of nitrogens with two attached hydrogens (primary N) is 1. The van der Waals surface area contributed by atoms with Crippen LogP contribution in [-0.2, 0) is 4.79 Å². The molecular weight excluding hydrogens is 398 g/mol. The van der Waals surface area contributed by atoms with Crippen LogP contribution in [0.5, 0.6) is 5.75 Å². The van der Waals surface area contributed by atoms with Gasteiger partial charge in [-0.3, -0.25) is 9.89 Å². The van der Waals surface area contributed by atoms with Gasteiger partial charge in [-0.2, -0.15) is 5.10 Å². The first-order valence-corrected chi connectivity index (χ1v) is 10.2. The monoisotopic (exact) mass is 421 g/mol. The molecule has 31 heavy (non-hydrogen) atoms. The van der Waals surface area contributed by atoms with Crippen molar-refractivity contribution in [3.05, 3.63) is 36.8 Å². The van der Waals surface area contributed by atoms with Gasteiger partial charge in [0.05, 0.1) is 29.9 Å². The van der Waals surface area contributed by atoms with Gasteiger partial charge in [0.15, 0.2) is 5.65 Å². The molecule has 1 fully saturated rings. The number of rotatable bonds is 5. The molecule has 1 aliphatic heterocycles. The Labute approximate surface area is 177 Å². The Morgan fingerprint density at radius 1 is 1.32 bits per heavy atom. The molecule has 10 heteroatoms. The topological polar surface area (TPSA) is 135 Å². The third-order valence-corrected chi connectivity index (χ3v) is 5.88. The largest absolute Gasteiger partial charge is 0.492 e. The van der Waals surface area contributed by atoms with Crippen molar-refractivity contribution < 1.29 is 14.6 Å². The van der Waals surface area contributed by atoms with Gasteiger partial charge in [-0.25, -0.2) is 9.50 Å². The van der Waals surface area contributed by atoms with E-state index in [1.54, 1.807) is 10.7 Å². The smallest absolute Gasteiger partial charge is 0.323 e. The van der Waals surface area contributed by atoms with E-state index in [-0.39, 0.29) is 0 Å². The first kappa shape index (κ1) is 19.3. The molecular formula is C21H23N7O3. The number of nitrogens with one attached hydrogen (secondary N) is 1. The van der Waals surface area contributed by atoms with Gasteiger partial charge >= 0.3 is 5.97 Å². The molecule has 4 N–H and O–H groups in total. The molecule has 5 rings (SSSR count). The van der Waals surface area contributed by atoms with E-state index in [0.29, 0.717) is 38.2 Å². The summed E-state index contributed by atoms with van der Waals surface area (Å²) in [5, 5.41) is 21.8. The molecule has 10 nitrogen and oxygen atoms in total. The first-order chi connectivity index (χ1) is 15.0. The summed E-state index contributed by atoms with van der Waals surface area (Å²) in [5.41, 5.74) is 8.33. The van der Waals surface area contributed by atoms with E-state index in [0.717, 1.165) is 33.6 Å². The van der Waals surface area contributed by atoms with Crippen molar-refractivity contribution >= 4 is 28.3 Å². The number of hydrogen-bond donors (Lipinski definition) is 3. The average molecular weight is 421 g/mol. The van der Waals surface area contributed by atoms with Gasteiger partial charge in [-0.1, -0.05) is 0 Å². The maximum absolute atomic E-state index is 11.4. The van der Waals surface area contributed by atoms with Crippen LogP contribution in [0.3, 0.4) is 0 Å². The van der Waals surface area contributed by atoms with Crippen LogP contribution < -0.4 is 15.4 Å². The number of anilines is 1. The van der Waals surface area contributed by atoms with Gasteiger partial charge in [-0.05, 0) is 38.0 Å². The van der Waals surface area contributed by atoms with Crippen LogP contribution in [0.1, 0.15) is 19.8 Å². The molecule has 0 spiro atoms. The fourth-order valence-electron chi connectivity index (χ4n) is 4.09. The standard InChI is InChI=1S/C21H23N7O3/c1-2-31-14-9-15(18-16-11-24-25-19(16)26-28(18)12-14)13-3-4-17(23-10-13)27-7-5-21(22,6-8-27)20(29)30/h3-4,9-12H,2,5-8,22H2,1H3,(H,25,26)(H,29,30). The second-order valence-corrected chi connectivity index (χ2v) is 7.80. The molecule has 4 aromatic rings. The van der Waals surface area contributed by atoms with Gasteiger partial charge in [-0.15, -0.1) is 5.10 Å². The van der Waals surface area contributed by atoms with Crippen molar-refractivity contribution in [3.8, 4) is 16.9 Å². The van der Waals surface area contributed by atoms with Crippen molar-refractivity contribution in [1.29, 1.82) is 0 Å². The average Bonchev–Trinajstić information content (AvgIpc) is 3.35. The van der Waals surface area contributed by atoms with Gasteiger partial charge in [0.1, 0.15) is 17.1 Å². The molecule has 0 unspecified atom stereocenters. The first-order valence-electron chi connectivity index (χ1n) is 10.2. The highest BCUT2D eigenvalue weighted by Crippen LogP contribution is 2.33. The van der Waals surface area contributed by atoms with Gasteiger partial charge in [0.2, 0.25) is 0 Å². The number of aromatic amines is 1. The normalized spacial score (nSPS) is 16.1. The van der Waals surface area contributed by atoms with E-state index in [4.69, 9.17) is 10.5 Å². The summed E-state index contributed by atoms with van der Waals surface area (Å²) in [5.74, 6) is 0.575. The van der Waals surface area contributed by atoms with E-state index >= 15 is 0 Å². The molecule has 5 heterocycles. The number of hydrogen-bond acceptors (Lipinski definition) is 7. The third-order valence-electron chi connectivity index (χ3n) is 5.88. The molecule has 0 amide bonds. The number of ether oxygens (including phenoxy) is 1. The Morgan fingerprint density at radius 3 is 2.81 bits per heavy atom. The highest BCUT2D eigenvalue weighted by molar-refractivity contribution is 6.00. The molecule has 0 aromatic carbocycles. The summed E-state index contributed by atoms with van der Waals surface area (Å²) >= 11 is 0. The number of pyridine rings is 2. The second kappa shape index (κ2) is 7.24. The maximum Gasteiger partial charge on any atom is 0.323 e. The summed E-state index contributed by atoms with van der Waals surface area (Å²) < 4.78 is 7.53. The zero-order valence-electron chi connectivity index (χ0n) is 17.1. The van der Waals surface area contributed by atoms with E-state index in [1.807, 2.05) is 37.5 Å². The minimum absolute atomic E-state index is 0.386. The van der Waals surface area contributed by atoms with Crippen molar-refractivity contribution in [1.82, 2.24) is 24.8 Å². The zero-order valence-corrected chi connectivity index (χ0v) is 17.1. The zero-order chi connectivity index (χ0) is 21.6. The molecule has 160 valence electrons. The van der Waals surface area contributed by atoms with Crippen LogP contribution >= 0.6 is 0 Å². The molecule has 0 aliphatic carbocycles. The summed E-state index contributed by atoms with van der Waals surface area (Å²) in [4.78, 5) is 18.1. The Morgan fingerprint density at radius 2 is 2.13 bits per heavy atom. The Hall–Kier alpha value is -3.66. The number of H-pyrrole nitrogens is 1. The van der Waals surface area contributed by atoms with Crippen molar-refractivity contribution in [2.24, 2.45) is 5.73 Å². The molecule has 0 atom stereocenters. The summed E-state index contributed by atoms with van der Waals surface area (Å²) in [6.45, 7) is 3.60. The minimum Gasteiger partial charge on any atom is -0.492 e. The maximum atomic E-state index is 11.4. The number of aromatic nitrogens is 5. The van der Waals surface area contributed by atoms with Crippen LogP contribution in [-0.4, -0.2) is 61.1 Å². The van der Waals surface area contributed by atoms with Crippen LogP contribution in [0.4, 0.5) is 5.82 Å². The fraction of sp³-hybridized carbons (Fsp3) is 0.333. The van der Waals surface area contributed by atoms with Crippen LogP contribution in [0, 0.1) is 0 Å². The quantitative estimate of drug-likeness (QED) is 0.446. The third kappa shape index (κ3) is 3.25. The minimum atomic E-state index is -1.15. The number of carboxylic acid groups (broad SMARTS) is 1. The number of piperidine rings is 1. The van der Waals surface area contributed by atoms with Crippen molar-refractivity contribution in [2.75, 3.05) is 24.6 Å². The van der Waals surface area contributed by atoms with Crippen molar-refractivity contribution in [2.45, 2.75) is 25.3 Å². The number of carboxylic acids is 1. The lowest BCUT2D eigenvalue weighted by Crippen LogP contribution is -2.55. The number of carbonyl (C=O) groups is 1. The second-order valence-electron chi connectivity index (χ2n) is 7.80. The fourth-order valence-corrected chi connectivity index (χ4v) is 4.09. The van der Waals surface area contributed by atoms with Gasteiger partial charge in [0, 0.05) is 30.4 Å².